The summed E-state index contributed by atoms with van der Waals surface area (Å²) in [7, 11) is 0. The summed E-state index contributed by atoms with van der Waals surface area (Å²) in [5.41, 5.74) is 0.484. The highest BCUT2D eigenvalue weighted by Crippen LogP contribution is 2.33. The molecule has 1 aliphatic rings. The molecule has 1 aliphatic heterocycles. The average Bonchev–Trinajstić information content (AvgIpc) is 2.88. The number of hydrogen-bond acceptors (Lipinski definition) is 3. The van der Waals surface area contributed by atoms with Crippen molar-refractivity contribution in [2.75, 3.05) is 0 Å². The van der Waals surface area contributed by atoms with Gasteiger partial charge >= 0.3 is 12.1 Å². The Morgan fingerprint density at radius 2 is 1.71 bits per heavy atom. The van der Waals surface area contributed by atoms with Crippen LogP contribution in [0.25, 0.3) is 6.08 Å². The maximum absolute atomic E-state index is 13.0. The number of aryl methyl sites for hydroxylation is 1. The van der Waals surface area contributed by atoms with Crippen molar-refractivity contribution in [1.82, 2.24) is 0 Å². The highest BCUT2D eigenvalue weighted by atomic mass is 19.4. The predicted molar refractivity (Wildman–Crippen MR) is 83.2 cm³/mol. The summed E-state index contributed by atoms with van der Waals surface area (Å²) in [6, 6.07) is 12.1. The Hall–Kier alpha value is -2.89. The van der Waals surface area contributed by atoms with Gasteiger partial charge in [0.2, 0.25) is 5.90 Å². The molecule has 0 bridgehead atoms. The van der Waals surface area contributed by atoms with Crippen molar-refractivity contribution in [3.8, 4) is 0 Å². The van der Waals surface area contributed by atoms with Gasteiger partial charge in [0.15, 0.2) is 5.70 Å². The van der Waals surface area contributed by atoms with Crippen LogP contribution in [0.5, 0.6) is 0 Å². The predicted octanol–water partition coefficient (Wildman–Crippen LogP) is 4.36. The Labute approximate surface area is 136 Å². The lowest BCUT2D eigenvalue weighted by Gasteiger charge is -2.09. The third kappa shape index (κ3) is 3.22. The van der Waals surface area contributed by atoms with Crippen LogP contribution in [-0.2, 0) is 15.7 Å². The second-order valence-corrected chi connectivity index (χ2v) is 5.29. The number of esters is 1. The maximum atomic E-state index is 13.0. The standard InChI is InChI=1S/C18H12F3NO2/c1-11-6-8-12(9-7-11)16-22-15(17(23)24-16)10-13-4-2-3-5-14(13)18(19,20)21/h2-10H,1H3/b15-10-. The van der Waals surface area contributed by atoms with Crippen LogP contribution in [-0.4, -0.2) is 11.9 Å². The molecule has 2 aromatic carbocycles. The van der Waals surface area contributed by atoms with Crippen molar-refractivity contribution in [2.24, 2.45) is 4.99 Å². The first-order valence-electron chi connectivity index (χ1n) is 7.10. The molecule has 0 fully saturated rings. The molecule has 0 spiro atoms. The van der Waals surface area contributed by atoms with E-state index >= 15 is 0 Å². The summed E-state index contributed by atoms with van der Waals surface area (Å²) in [5.74, 6) is -0.696. The molecule has 0 saturated heterocycles. The number of hydrogen-bond donors (Lipinski definition) is 0. The van der Waals surface area contributed by atoms with Crippen LogP contribution in [0.15, 0.2) is 59.2 Å². The molecule has 3 nitrogen and oxygen atoms in total. The van der Waals surface area contributed by atoms with Gasteiger partial charge in [-0.15, -0.1) is 0 Å². The van der Waals surface area contributed by atoms with E-state index in [0.29, 0.717) is 5.56 Å². The molecule has 0 aliphatic carbocycles. The normalized spacial score (nSPS) is 16.2. The van der Waals surface area contributed by atoms with Gasteiger partial charge in [-0.05, 0) is 36.8 Å². The van der Waals surface area contributed by atoms with Gasteiger partial charge in [-0.3, -0.25) is 0 Å². The number of ether oxygens (including phenoxy) is 1. The first kappa shape index (κ1) is 16.0. The first-order valence-corrected chi connectivity index (χ1v) is 7.10. The molecule has 0 radical (unpaired) electrons. The number of aliphatic imine (C=N–C) groups is 1. The van der Waals surface area contributed by atoms with E-state index in [-0.39, 0.29) is 17.2 Å². The van der Waals surface area contributed by atoms with Gasteiger partial charge in [-0.25, -0.2) is 9.79 Å². The van der Waals surface area contributed by atoms with E-state index in [4.69, 9.17) is 4.74 Å². The molecule has 0 amide bonds. The molecule has 24 heavy (non-hydrogen) atoms. The fourth-order valence-corrected chi connectivity index (χ4v) is 2.26. The second kappa shape index (κ2) is 5.96. The summed E-state index contributed by atoms with van der Waals surface area (Å²) >= 11 is 0. The third-order valence-electron chi connectivity index (χ3n) is 3.48. The molecule has 2 aromatic rings. The average molecular weight is 331 g/mol. The number of carbonyl (C=O) groups is 1. The van der Waals surface area contributed by atoms with Crippen molar-refractivity contribution in [1.29, 1.82) is 0 Å². The van der Waals surface area contributed by atoms with E-state index in [1.54, 1.807) is 12.1 Å². The highest BCUT2D eigenvalue weighted by molar-refractivity contribution is 6.12. The van der Waals surface area contributed by atoms with Gasteiger partial charge in [0.25, 0.3) is 0 Å². The summed E-state index contributed by atoms with van der Waals surface area (Å²) in [6.07, 6.45) is -3.42. The Morgan fingerprint density at radius 1 is 1.04 bits per heavy atom. The van der Waals surface area contributed by atoms with Gasteiger partial charge in [0, 0.05) is 5.56 Å². The number of alkyl halides is 3. The molecule has 0 atom stereocenters. The van der Waals surface area contributed by atoms with Crippen LogP contribution in [0.2, 0.25) is 0 Å². The Bertz CT molecular complexity index is 849. The summed E-state index contributed by atoms with van der Waals surface area (Å²) in [4.78, 5) is 15.9. The van der Waals surface area contributed by atoms with Crippen molar-refractivity contribution in [3.05, 3.63) is 76.5 Å². The zero-order chi connectivity index (χ0) is 17.3. The van der Waals surface area contributed by atoms with Crippen LogP contribution in [0.3, 0.4) is 0 Å². The van der Waals surface area contributed by atoms with Gasteiger partial charge in [-0.2, -0.15) is 13.2 Å². The quantitative estimate of drug-likeness (QED) is 0.606. The molecule has 3 rings (SSSR count). The number of benzene rings is 2. The molecule has 0 aromatic heterocycles. The molecule has 0 N–H and O–H groups in total. The molecule has 1 heterocycles. The summed E-state index contributed by atoms with van der Waals surface area (Å²) < 4.78 is 44.1. The van der Waals surface area contributed by atoms with Gasteiger partial charge in [0.05, 0.1) is 5.56 Å². The number of carbonyl (C=O) groups excluding carboxylic acids is 1. The van der Waals surface area contributed by atoms with Gasteiger partial charge in [0.1, 0.15) is 0 Å². The van der Waals surface area contributed by atoms with Crippen molar-refractivity contribution < 1.29 is 22.7 Å². The molecule has 0 saturated carbocycles. The SMILES string of the molecule is Cc1ccc(C2=N/C(=C\c3ccccc3C(F)(F)F)C(=O)O2)cc1. The lowest BCUT2D eigenvalue weighted by Crippen LogP contribution is -2.08. The van der Waals surface area contributed by atoms with Crippen LogP contribution in [0, 0.1) is 6.92 Å². The van der Waals surface area contributed by atoms with Crippen molar-refractivity contribution in [3.63, 3.8) is 0 Å². The number of rotatable bonds is 2. The Balaban J connectivity index is 1.99. The van der Waals surface area contributed by atoms with Crippen molar-refractivity contribution in [2.45, 2.75) is 13.1 Å². The van der Waals surface area contributed by atoms with Crippen LogP contribution in [0.4, 0.5) is 13.2 Å². The molecular formula is C18H12F3NO2. The Morgan fingerprint density at radius 3 is 2.38 bits per heavy atom. The topological polar surface area (TPSA) is 38.7 Å². The minimum absolute atomic E-state index is 0.0794. The van der Waals surface area contributed by atoms with Gasteiger partial charge < -0.3 is 4.74 Å². The Kier molecular flexibility index (Phi) is 3.97. The zero-order valence-electron chi connectivity index (χ0n) is 12.6. The largest absolute Gasteiger partial charge is 0.416 e. The minimum atomic E-state index is -4.51. The molecule has 122 valence electrons. The van der Waals surface area contributed by atoms with E-state index in [1.165, 1.54) is 18.2 Å². The zero-order valence-corrected chi connectivity index (χ0v) is 12.6. The number of halogens is 3. The van der Waals surface area contributed by atoms with E-state index < -0.39 is 17.7 Å². The smallest absolute Gasteiger partial charge is 0.402 e. The maximum Gasteiger partial charge on any atom is 0.416 e. The van der Waals surface area contributed by atoms with Crippen LogP contribution < -0.4 is 0 Å². The van der Waals surface area contributed by atoms with E-state index in [0.717, 1.165) is 17.7 Å². The molecule has 6 heteroatoms. The van der Waals surface area contributed by atoms with Gasteiger partial charge in [-0.1, -0.05) is 35.9 Å². The third-order valence-corrected chi connectivity index (χ3v) is 3.48. The van der Waals surface area contributed by atoms with Crippen LogP contribution >= 0.6 is 0 Å². The molecule has 0 unspecified atom stereocenters. The summed E-state index contributed by atoms with van der Waals surface area (Å²) in [5, 5.41) is 0. The molecular weight excluding hydrogens is 319 g/mol. The van der Waals surface area contributed by atoms with Crippen molar-refractivity contribution >= 4 is 17.9 Å². The fourth-order valence-electron chi connectivity index (χ4n) is 2.26. The van der Waals surface area contributed by atoms with E-state index in [1.807, 2.05) is 19.1 Å². The van der Waals surface area contributed by atoms with E-state index in [2.05, 4.69) is 4.99 Å². The van der Waals surface area contributed by atoms with Crippen LogP contribution in [0.1, 0.15) is 22.3 Å². The fraction of sp³-hybridized carbons (Fsp3) is 0.111. The first-order chi connectivity index (χ1) is 11.3. The number of cyclic esters (lactones) is 1. The minimum Gasteiger partial charge on any atom is -0.402 e. The summed E-state index contributed by atoms with van der Waals surface area (Å²) in [6.45, 7) is 1.91. The van der Waals surface area contributed by atoms with E-state index in [9.17, 15) is 18.0 Å². The lowest BCUT2D eigenvalue weighted by molar-refractivity contribution is -0.137. The second-order valence-electron chi connectivity index (χ2n) is 5.29. The number of nitrogens with zero attached hydrogens (tertiary/aromatic N) is 1. The lowest BCUT2D eigenvalue weighted by atomic mass is 10.1. The highest BCUT2D eigenvalue weighted by Gasteiger charge is 2.33. The monoisotopic (exact) mass is 331 g/mol.